The van der Waals surface area contributed by atoms with E-state index in [4.69, 9.17) is 11.6 Å². The van der Waals surface area contributed by atoms with Crippen molar-refractivity contribution in [1.29, 1.82) is 0 Å². The fourth-order valence-electron chi connectivity index (χ4n) is 2.42. The van der Waals surface area contributed by atoms with Crippen LogP contribution in [0, 0.1) is 5.92 Å². The van der Waals surface area contributed by atoms with E-state index in [-0.39, 0.29) is 0 Å². The Balaban J connectivity index is 1.75. The first-order chi connectivity index (χ1) is 8.77. The molecule has 0 aliphatic heterocycles. The van der Waals surface area contributed by atoms with E-state index in [1.807, 2.05) is 24.3 Å². The van der Waals surface area contributed by atoms with E-state index in [9.17, 15) is 4.79 Å². The molecule has 1 aliphatic carbocycles. The molecule has 0 bridgehead atoms. The van der Waals surface area contributed by atoms with Crippen LogP contribution in [-0.2, 0) is 10.5 Å². The van der Waals surface area contributed by atoms with Gasteiger partial charge in [-0.15, -0.1) is 11.8 Å². The lowest BCUT2D eigenvalue weighted by atomic mass is 9.87. The Hall–Kier alpha value is -0.470. The van der Waals surface area contributed by atoms with Crippen LogP contribution in [0.5, 0.6) is 0 Å². The van der Waals surface area contributed by atoms with Crippen molar-refractivity contribution in [3.8, 4) is 0 Å². The van der Waals surface area contributed by atoms with Gasteiger partial charge in [-0.2, -0.15) is 0 Å². The quantitative estimate of drug-likeness (QED) is 0.777. The van der Waals surface area contributed by atoms with Gasteiger partial charge in [0.1, 0.15) is 5.78 Å². The molecule has 0 heterocycles. The summed E-state index contributed by atoms with van der Waals surface area (Å²) in [5, 5.41) is 0.801. The van der Waals surface area contributed by atoms with Crippen LogP contribution in [0.15, 0.2) is 24.3 Å². The SMILES string of the molecule is O=C(CSCc1ccccc1Cl)C1CCCCC1. The molecular weight excluding hydrogens is 264 g/mol. The maximum absolute atomic E-state index is 12.0. The number of carbonyl (C=O) groups is 1. The maximum atomic E-state index is 12.0. The Labute approximate surface area is 118 Å². The minimum absolute atomic E-state index is 0.331. The van der Waals surface area contributed by atoms with Gasteiger partial charge in [0.25, 0.3) is 0 Å². The monoisotopic (exact) mass is 282 g/mol. The largest absolute Gasteiger partial charge is 0.298 e. The number of rotatable bonds is 5. The zero-order valence-electron chi connectivity index (χ0n) is 10.5. The van der Waals surface area contributed by atoms with Gasteiger partial charge in [-0.1, -0.05) is 49.1 Å². The van der Waals surface area contributed by atoms with Crippen LogP contribution in [0.25, 0.3) is 0 Å². The number of carbonyl (C=O) groups excluding carboxylic acids is 1. The van der Waals surface area contributed by atoms with Gasteiger partial charge in [0.15, 0.2) is 0 Å². The molecule has 18 heavy (non-hydrogen) atoms. The van der Waals surface area contributed by atoms with Gasteiger partial charge in [-0.05, 0) is 24.5 Å². The molecule has 1 aromatic carbocycles. The second-order valence-corrected chi connectivity index (χ2v) is 6.28. The Morgan fingerprint density at radius 1 is 1.22 bits per heavy atom. The second kappa shape index (κ2) is 7.20. The summed E-state index contributed by atoms with van der Waals surface area (Å²) in [6, 6.07) is 7.86. The molecule has 3 heteroatoms. The van der Waals surface area contributed by atoms with Gasteiger partial charge in [0.05, 0.1) is 5.75 Å². The maximum Gasteiger partial charge on any atom is 0.145 e. The number of ketones is 1. The first kappa shape index (κ1) is 14.0. The summed E-state index contributed by atoms with van der Waals surface area (Å²) in [4.78, 5) is 12.0. The van der Waals surface area contributed by atoms with Crippen molar-refractivity contribution >= 4 is 29.1 Å². The number of hydrogen-bond donors (Lipinski definition) is 0. The van der Waals surface area contributed by atoms with Crippen molar-refractivity contribution < 1.29 is 4.79 Å². The third kappa shape index (κ3) is 4.03. The molecule has 1 nitrogen and oxygen atoms in total. The topological polar surface area (TPSA) is 17.1 Å². The van der Waals surface area contributed by atoms with Crippen molar-refractivity contribution in [3.63, 3.8) is 0 Å². The molecule has 0 amide bonds. The lowest BCUT2D eigenvalue weighted by Gasteiger charge is -2.19. The standard InChI is InChI=1S/C15H19ClOS/c16-14-9-5-4-8-13(14)10-18-11-15(17)12-6-2-1-3-7-12/h4-5,8-9,12H,1-3,6-7,10-11H2. The normalized spacial score (nSPS) is 16.7. The van der Waals surface area contributed by atoms with Crippen molar-refractivity contribution in [3.05, 3.63) is 34.9 Å². The lowest BCUT2D eigenvalue weighted by molar-refractivity contribution is -0.121. The predicted octanol–water partition coefficient (Wildman–Crippen LogP) is 4.72. The summed E-state index contributed by atoms with van der Waals surface area (Å²) < 4.78 is 0. The molecule has 0 N–H and O–H groups in total. The molecule has 0 atom stereocenters. The third-order valence-corrected chi connectivity index (χ3v) is 4.89. The van der Waals surface area contributed by atoms with Crippen molar-refractivity contribution in [1.82, 2.24) is 0 Å². The number of halogens is 1. The van der Waals surface area contributed by atoms with Crippen molar-refractivity contribution in [2.75, 3.05) is 5.75 Å². The Kier molecular flexibility index (Phi) is 5.58. The van der Waals surface area contributed by atoms with Crippen LogP contribution in [0.3, 0.4) is 0 Å². The van der Waals surface area contributed by atoms with E-state index >= 15 is 0 Å². The number of benzene rings is 1. The highest BCUT2D eigenvalue weighted by atomic mass is 35.5. The molecule has 2 rings (SSSR count). The number of thioether (sulfide) groups is 1. The lowest BCUT2D eigenvalue weighted by Crippen LogP contribution is -2.19. The molecule has 1 saturated carbocycles. The summed E-state index contributed by atoms with van der Waals surface area (Å²) in [5.74, 6) is 2.23. The summed E-state index contributed by atoms with van der Waals surface area (Å²) in [6.07, 6.45) is 5.96. The third-order valence-electron chi connectivity index (χ3n) is 3.52. The summed E-state index contributed by atoms with van der Waals surface area (Å²) >= 11 is 7.78. The zero-order valence-corrected chi connectivity index (χ0v) is 12.1. The number of hydrogen-bond acceptors (Lipinski definition) is 2. The second-order valence-electron chi connectivity index (χ2n) is 4.89. The summed E-state index contributed by atoms with van der Waals surface area (Å²) in [5.41, 5.74) is 1.13. The summed E-state index contributed by atoms with van der Waals surface area (Å²) in [7, 11) is 0. The van der Waals surface area contributed by atoms with E-state index in [2.05, 4.69) is 0 Å². The van der Waals surface area contributed by atoms with E-state index in [1.165, 1.54) is 19.3 Å². The van der Waals surface area contributed by atoms with Crippen molar-refractivity contribution in [2.45, 2.75) is 37.9 Å². The summed E-state index contributed by atoms with van der Waals surface area (Å²) in [6.45, 7) is 0. The Bertz CT molecular complexity index is 399. The van der Waals surface area contributed by atoms with Gasteiger partial charge >= 0.3 is 0 Å². The van der Waals surface area contributed by atoms with Crippen LogP contribution in [0.2, 0.25) is 5.02 Å². The van der Waals surface area contributed by atoms with Crippen LogP contribution in [0.1, 0.15) is 37.7 Å². The number of Topliss-reactive ketones (excluding diaryl/α,β-unsaturated/α-hetero) is 1. The van der Waals surface area contributed by atoms with Crippen LogP contribution in [0.4, 0.5) is 0 Å². The molecule has 1 fully saturated rings. The van der Waals surface area contributed by atoms with Crippen LogP contribution >= 0.6 is 23.4 Å². The molecular formula is C15H19ClOS. The molecule has 0 spiro atoms. The van der Waals surface area contributed by atoms with E-state index in [0.29, 0.717) is 17.5 Å². The highest BCUT2D eigenvalue weighted by Crippen LogP contribution is 2.27. The van der Waals surface area contributed by atoms with Gasteiger partial charge in [0.2, 0.25) is 0 Å². The zero-order chi connectivity index (χ0) is 12.8. The Morgan fingerprint density at radius 2 is 1.94 bits per heavy atom. The highest BCUT2D eigenvalue weighted by Gasteiger charge is 2.20. The van der Waals surface area contributed by atoms with Crippen LogP contribution < -0.4 is 0 Å². The minimum Gasteiger partial charge on any atom is -0.298 e. The minimum atomic E-state index is 0.331. The molecule has 1 aliphatic rings. The smallest absolute Gasteiger partial charge is 0.145 e. The molecule has 0 aromatic heterocycles. The predicted molar refractivity (Wildman–Crippen MR) is 79.2 cm³/mol. The fraction of sp³-hybridized carbons (Fsp3) is 0.533. The van der Waals surface area contributed by atoms with E-state index in [0.717, 1.165) is 29.2 Å². The average molecular weight is 283 g/mol. The first-order valence-corrected chi connectivity index (χ1v) is 8.14. The molecule has 0 unspecified atom stereocenters. The van der Waals surface area contributed by atoms with Gasteiger partial charge in [-0.3, -0.25) is 4.79 Å². The fourth-order valence-corrected chi connectivity index (χ4v) is 3.71. The van der Waals surface area contributed by atoms with E-state index < -0.39 is 0 Å². The Morgan fingerprint density at radius 3 is 2.67 bits per heavy atom. The van der Waals surface area contributed by atoms with Gasteiger partial charge < -0.3 is 0 Å². The molecule has 0 saturated heterocycles. The molecule has 1 aromatic rings. The highest BCUT2D eigenvalue weighted by molar-refractivity contribution is 7.99. The van der Waals surface area contributed by atoms with Crippen LogP contribution in [-0.4, -0.2) is 11.5 Å². The van der Waals surface area contributed by atoms with Crippen molar-refractivity contribution in [2.24, 2.45) is 5.92 Å². The first-order valence-electron chi connectivity index (χ1n) is 6.61. The molecule has 0 radical (unpaired) electrons. The molecule has 98 valence electrons. The van der Waals surface area contributed by atoms with E-state index in [1.54, 1.807) is 11.8 Å². The van der Waals surface area contributed by atoms with Gasteiger partial charge in [-0.25, -0.2) is 0 Å². The average Bonchev–Trinajstić information content (AvgIpc) is 2.42. The van der Waals surface area contributed by atoms with Gasteiger partial charge in [0, 0.05) is 16.7 Å².